The van der Waals surface area contributed by atoms with Crippen molar-refractivity contribution in [2.75, 3.05) is 27.1 Å². The van der Waals surface area contributed by atoms with E-state index in [1.165, 1.54) is 11.1 Å². The SMILES string of the molecule is COc1cc(C)c(CN(C)CS)cc1OC. The summed E-state index contributed by atoms with van der Waals surface area (Å²) in [5.74, 6) is 2.28. The third kappa shape index (κ3) is 3.06. The third-order valence-corrected chi connectivity index (χ3v) is 3.01. The Bertz CT molecular complexity index is 355. The normalized spacial score (nSPS) is 10.6. The fraction of sp³-hybridized carbons (Fsp3) is 0.500. The molecule has 0 aromatic heterocycles. The lowest BCUT2D eigenvalue weighted by Gasteiger charge is -2.17. The molecule has 0 saturated carbocycles. The monoisotopic (exact) mass is 241 g/mol. The second-order valence-electron chi connectivity index (χ2n) is 3.79. The zero-order chi connectivity index (χ0) is 12.1. The highest BCUT2D eigenvalue weighted by Crippen LogP contribution is 2.30. The summed E-state index contributed by atoms with van der Waals surface area (Å²) in [6.45, 7) is 2.93. The highest BCUT2D eigenvalue weighted by Gasteiger charge is 2.09. The minimum absolute atomic E-state index is 0.730. The van der Waals surface area contributed by atoms with Crippen LogP contribution in [-0.2, 0) is 6.54 Å². The van der Waals surface area contributed by atoms with Crippen molar-refractivity contribution in [3.05, 3.63) is 23.3 Å². The van der Waals surface area contributed by atoms with Gasteiger partial charge in [0.05, 0.1) is 14.2 Å². The van der Waals surface area contributed by atoms with Gasteiger partial charge in [-0.1, -0.05) is 0 Å². The van der Waals surface area contributed by atoms with Crippen LogP contribution >= 0.6 is 12.6 Å². The fourth-order valence-electron chi connectivity index (χ4n) is 1.53. The van der Waals surface area contributed by atoms with E-state index < -0.39 is 0 Å². The molecule has 0 aliphatic carbocycles. The molecule has 1 rings (SSSR count). The molecular formula is C12H19NO2S. The molecule has 0 spiro atoms. The fourth-order valence-corrected chi connectivity index (χ4v) is 1.63. The van der Waals surface area contributed by atoms with E-state index in [-0.39, 0.29) is 0 Å². The Balaban J connectivity index is 3.01. The second-order valence-corrected chi connectivity index (χ2v) is 4.07. The molecule has 0 unspecified atom stereocenters. The zero-order valence-corrected chi connectivity index (χ0v) is 11.2. The third-order valence-electron chi connectivity index (χ3n) is 2.52. The lowest BCUT2D eigenvalue weighted by Crippen LogP contribution is -2.16. The van der Waals surface area contributed by atoms with E-state index in [0.717, 1.165) is 23.9 Å². The van der Waals surface area contributed by atoms with Crippen LogP contribution in [0.5, 0.6) is 11.5 Å². The van der Waals surface area contributed by atoms with Crippen LogP contribution in [0.3, 0.4) is 0 Å². The molecule has 0 saturated heterocycles. The topological polar surface area (TPSA) is 21.7 Å². The average molecular weight is 241 g/mol. The zero-order valence-electron chi connectivity index (χ0n) is 10.3. The van der Waals surface area contributed by atoms with Crippen molar-refractivity contribution in [3.8, 4) is 11.5 Å². The number of rotatable bonds is 5. The van der Waals surface area contributed by atoms with E-state index in [1.54, 1.807) is 14.2 Å². The van der Waals surface area contributed by atoms with Crippen LogP contribution in [0.15, 0.2) is 12.1 Å². The van der Waals surface area contributed by atoms with E-state index in [9.17, 15) is 0 Å². The smallest absolute Gasteiger partial charge is 0.161 e. The predicted molar refractivity (Wildman–Crippen MR) is 69.6 cm³/mol. The molecule has 0 amide bonds. The van der Waals surface area contributed by atoms with E-state index in [4.69, 9.17) is 9.47 Å². The summed E-state index contributed by atoms with van der Waals surface area (Å²) in [5, 5.41) is 0. The van der Waals surface area contributed by atoms with E-state index in [0.29, 0.717) is 0 Å². The minimum atomic E-state index is 0.730. The van der Waals surface area contributed by atoms with Gasteiger partial charge in [-0.2, -0.15) is 12.6 Å². The van der Waals surface area contributed by atoms with Crippen molar-refractivity contribution in [2.45, 2.75) is 13.5 Å². The maximum atomic E-state index is 5.28. The molecule has 0 heterocycles. The summed E-state index contributed by atoms with van der Waals surface area (Å²) in [6.07, 6.45) is 0. The molecule has 1 aromatic carbocycles. The van der Waals surface area contributed by atoms with Gasteiger partial charge in [-0.3, -0.25) is 4.90 Å². The van der Waals surface area contributed by atoms with Crippen LogP contribution in [0.2, 0.25) is 0 Å². The Kier molecular flexibility index (Phi) is 4.96. The summed E-state index contributed by atoms with van der Waals surface area (Å²) in [5.41, 5.74) is 2.43. The Morgan fingerprint density at radius 1 is 1.19 bits per heavy atom. The molecule has 1 aromatic rings. The summed E-state index contributed by atoms with van der Waals surface area (Å²) >= 11 is 4.24. The number of hydrogen-bond donors (Lipinski definition) is 1. The molecule has 4 heteroatoms. The van der Waals surface area contributed by atoms with Gasteiger partial charge in [0, 0.05) is 12.4 Å². The molecular weight excluding hydrogens is 222 g/mol. The highest BCUT2D eigenvalue weighted by atomic mass is 32.1. The van der Waals surface area contributed by atoms with Crippen molar-refractivity contribution in [1.29, 1.82) is 0 Å². The number of benzene rings is 1. The van der Waals surface area contributed by atoms with Crippen molar-refractivity contribution < 1.29 is 9.47 Å². The van der Waals surface area contributed by atoms with Gasteiger partial charge in [0.1, 0.15) is 0 Å². The Hall–Kier alpha value is -0.870. The van der Waals surface area contributed by atoms with Gasteiger partial charge >= 0.3 is 0 Å². The van der Waals surface area contributed by atoms with Crippen LogP contribution in [0, 0.1) is 6.92 Å². The quantitative estimate of drug-likeness (QED) is 0.631. The van der Waals surface area contributed by atoms with Gasteiger partial charge in [-0.15, -0.1) is 0 Å². The van der Waals surface area contributed by atoms with E-state index in [2.05, 4.69) is 24.5 Å². The lowest BCUT2D eigenvalue weighted by atomic mass is 10.1. The van der Waals surface area contributed by atoms with Crippen molar-refractivity contribution in [1.82, 2.24) is 4.90 Å². The first-order valence-corrected chi connectivity index (χ1v) is 5.76. The summed E-state index contributed by atoms with van der Waals surface area (Å²) in [4.78, 5) is 2.12. The molecule has 16 heavy (non-hydrogen) atoms. The van der Waals surface area contributed by atoms with Crippen LogP contribution in [0.25, 0.3) is 0 Å². The maximum absolute atomic E-state index is 5.28. The molecule has 0 N–H and O–H groups in total. The number of nitrogens with zero attached hydrogens (tertiary/aromatic N) is 1. The summed E-state index contributed by atoms with van der Waals surface area (Å²) < 4.78 is 10.5. The van der Waals surface area contributed by atoms with Crippen molar-refractivity contribution in [3.63, 3.8) is 0 Å². The van der Waals surface area contributed by atoms with Gasteiger partial charge < -0.3 is 9.47 Å². The van der Waals surface area contributed by atoms with Gasteiger partial charge in [0.2, 0.25) is 0 Å². The molecule has 0 aliphatic heterocycles. The van der Waals surface area contributed by atoms with E-state index >= 15 is 0 Å². The molecule has 0 radical (unpaired) electrons. The molecule has 0 atom stereocenters. The summed E-state index contributed by atoms with van der Waals surface area (Å²) in [6, 6.07) is 4.02. The molecule has 3 nitrogen and oxygen atoms in total. The standard InChI is InChI=1S/C12H19NO2S/c1-9-5-11(14-3)12(15-4)6-10(9)7-13(2)8-16/h5-6,16H,7-8H2,1-4H3. The number of aryl methyl sites for hydroxylation is 1. The highest BCUT2D eigenvalue weighted by molar-refractivity contribution is 7.80. The molecule has 0 fully saturated rings. The summed E-state index contributed by atoms with van der Waals surface area (Å²) in [7, 11) is 5.33. The second kappa shape index (κ2) is 6.01. The van der Waals surface area contributed by atoms with Gasteiger partial charge in [-0.05, 0) is 37.2 Å². The molecule has 0 bridgehead atoms. The average Bonchev–Trinajstić information content (AvgIpc) is 2.30. The predicted octanol–water partition coefficient (Wildman–Crippen LogP) is 2.33. The van der Waals surface area contributed by atoms with E-state index in [1.807, 2.05) is 19.2 Å². The first-order valence-electron chi connectivity index (χ1n) is 5.13. The lowest BCUT2D eigenvalue weighted by molar-refractivity contribution is 0.350. The Morgan fingerprint density at radius 3 is 2.25 bits per heavy atom. The molecule has 90 valence electrons. The van der Waals surface area contributed by atoms with Crippen LogP contribution in [-0.4, -0.2) is 32.0 Å². The number of thiol groups is 1. The first-order chi connectivity index (χ1) is 7.62. The van der Waals surface area contributed by atoms with Gasteiger partial charge in [0.25, 0.3) is 0 Å². The first kappa shape index (κ1) is 13.2. The van der Waals surface area contributed by atoms with Crippen molar-refractivity contribution in [2.24, 2.45) is 0 Å². The Labute approximate surface area is 103 Å². The Morgan fingerprint density at radius 2 is 1.75 bits per heavy atom. The minimum Gasteiger partial charge on any atom is -0.493 e. The maximum Gasteiger partial charge on any atom is 0.161 e. The van der Waals surface area contributed by atoms with Crippen LogP contribution < -0.4 is 9.47 Å². The number of methoxy groups -OCH3 is 2. The number of ether oxygens (including phenoxy) is 2. The van der Waals surface area contributed by atoms with Crippen molar-refractivity contribution >= 4 is 12.6 Å². The van der Waals surface area contributed by atoms with Gasteiger partial charge in [-0.25, -0.2) is 0 Å². The van der Waals surface area contributed by atoms with Crippen LogP contribution in [0.4, 0.5) is 0 Å². The number of hydrogen-bond acceptors (Lipinski definition) is 4. The molecule has 0 aliphatic rings. The van der Waals surface area contributed by atoms with Crippen LogP contribution in [0.1, 0.15) is 11.1 Å². The van der Waals surface area contributed by atoms with Gasteiger partial charge in [0.15, 0.2) is 11.5 Å². The largest absolute Gasteiger partial charge is 0.493 e.